The van der Waals surface area contributed by atoms with Gasteiger partial charge in [0.05, 0.1) is 0 Å². The Bertz CT molecular complexity index is 962. The van der Waals surface area contributed by atoms with Crippen molar-refractivity contribution >= 4 is 0 Å². The highest BCUT2D eigenvalue weighted by atomic mass is 16.5. The topological polar surface area (TPSA) is 70.5 Å². The first-order valence-corrected chi connectivity index (χ1v) is 9.39. The highest BCUT2D eigenvalue weighted by molar-refractivity contribution is 5.72. The van der Waals surface area contributed by atoms with Gasteiger partial charge in [0.1, 0.15) is 11.5 Å². The molecule has 4 rings (SSSR count). The van der Waals surface area contributed by atoms with Crippen molar-refractivity contribution in [3.63, 3.8) is 0 Å². The lowest BCUT2D eigenvalue weighted by atomic mass is 10.0. The summed E-state index contributed by atoms with van der Waals surface area (Å²) >= 11 is 0. The zero-order valence-corrected chi connectivity index (χ0v) is 15.6. The third kappa shape index (κ3) is 4.09. The number of rotatable bonds is 5. The van der Waals surface area contributed by atoms with Crippen LogP contribution in [0.2, 0.25) is 0 Å². The molecule has 0 saturated heterocycles. The van der Waals surface area contributed by atoms with Gasteiger partial charge in [0, 0.05) is 18.4 Å². The maximum atomic E-state index is 6.42. The van der Waals surface area contributed by atoms with E-state index in [1.807, 2.05) is 97.1 Å². The molecule has 2 aliphatic carbocycles. The second-order valence-electron chi connectivity index (χ2n) is 7.12. The summed E-state index contributed by atoms with van der Waals surface area (Å²) in [5, 5.41) is 0. The van der Waals surface area contributed by atoms with Gasteiger partial charge in [0.2, 0.25) is 0 Å². The van der Waals surface area contributed by atoms with Gasteiger partial charge in [0.15, 0.2) is 11.4 Å². The summed E-state index contributed by atoms with van der Waals surface area (Å²) < 4.78 is 12.3. The average Bonchev–Trinajstić information content (AvgIpc) is 2.70. The van der Waals surface area contributed by atoms with E-state index >= 15 is 0 Å². The molecule has 0 spiro atoms. The zero-order valence-electron chi connectivity index (χ0n) is 15.6. The molecule has 4 N–H and O–H groups in total. The van der Waals surface area contributed by atoms with Gasteiger partial charge in [-0.15, -0.1) is 0 Å². The minimum atomic E-state index is -0.868. The Labute approximate surface area is 165 Å². The van der Waals surface area contributed by atoms with Crippen LogP contribution in [0, 0.1) is 0 Å². The zero-order chi connectivity index (χ0) is 19.5. The monoisotopic (exact) mass is 372 g/mol. The van der Waals surface area contributed by atoms with E-state index < -0.39 is 11.4 Å². The van der Waals surface area contributed by atoms with Crippen LogP contribution in [0.4, 0.5) is 0 Å². The number of benzene rings is 2. The van der Waals surface area contributed by atoms with Crippen molar-refractivity contribution in [2.45, 2.75) is 24.3 Å². The molecule has 2 unspecified atom stereocenters. The number of hydrogen-bond donors (Lipinski definition) is 2. The molecule has 4 nitrogen and oxygen atoms in total. The van der Waals surface area contributed by atoms with E-state index in [0.717, 1.165) is 11.1 Å². The summed E-state index contributed by atoms with van der Waals surface area (Å²) in [6.45, 7) is 0. The van der Waals surface area contributed by atoms with Crippen LogP contribution in [0.1, 0.15) is 12.8 Å². The number of nitrogens with two attached hydrogens (primary N) is 2. The maximum Gasteiger partial charge on any atom is 0.181 e. The molecule has 28 heavy (non-hydrogen) atoms. The fourth-order valence-corrected chi connectivity index (χ4v) is 3.31. The Morgan fingerprint density at radius 1 is 0.714 bits per heavy atom. The van der Waals surface area contributed by atoms with Crippen LogP contribution < -0.4 is 20.9 Å². The molecule has 2 aromatic rings. The van der Waals surface area contributed by atoms with Gasteiger partial charge < -0.3 is 9.47 Å². The van der Waals surface area contributed by atoms with Crippen molar-refractivity contribution in [1.82, 2.24) is 0 Å². The van der Waals surface area contributed by atoms with Gasteiger partial charge in [0.25, 0.3) is 0 Å². The molecule has 0 amide bonds. The minimum absolute atomic E-state index is 0.610. The smallest absolute Gasteiger partial charge is 0.181 e. The summed E-state index contributed by atoms with van der Waals surface area (Å²) in [5.41, 5.74) is 13.0. The molecule has 4 heteroatoms. The van der Waals surface area contributed by atoms with E-state index in [4.69, 9.17) is 20.9 Å². The summed E-state index contributed by atoms with van der Waals surface area (Å²) in [6.07, 6.45) is 16.7. The van der Waals surface area contributed by atoms with Gasteiger partial charge in [-0.1, -0.05) is 66.8 Å². The predicted molar refractivity (Wildman–Crippen MR) is 113 cm³/mol. The molecular weight excluding hydrogens is 348 g/mol. The SMILES string of the molecule is NC1(Oc2ccc(OC3(N)C=CC=CC3)c(-c3ccccc3)c2)C=CC=CC1. The lowest BCUT2D eigenvalue weighted by Crippen LogP contribution is -2.44. The average molecular weight is 372 g/mol. The van der Waals surface area contributed by atoms with E-state index in [2.05, 4.69) is 0 Å². The van der Waals surface area contributed by atoms with Gasteiger partial charge >= 0.3 is 0 Å². The van der Waals surface area contributed by atoms with Gasteiger partial charge in [-0.3, -0.25) is 11.5 Å². The summed E-state index contributed by atoms with van der Waals surface area (Å²) in [5.74, 6) is 1.38. The highest BCUT2D eigenvalue weighted by Crippen LogP contribution is 2.37. The van der Waals surface area contributed by atoms with E-state index in [0.29, 0.717) is 24.3 Å². The van der Waals surface area contributed by atoms with Crippen LogP contribution in [0.5, 0.6) is 11.5 Å². The molecule has 142 valence electrons. The van der Waals surface area contributed by atoms with Crippen LogP contribution >= 0.6 is 0 Å². The second-order valence-corrected chi connectivity index (χ2v) is 7.12. The van der Waals surface area contributed by atoms with Crippen molar-refractivity contribution in [1.29, 1.82) is 0 Å². The number of hydrogen-bond acceptors (Lipinski definition) is 4. The number of ether oxygens (including phenoxy) is 2. The van der Waals surface area contributed by atoms with Crippen LogP contribution in [-0.2, 0) is 0 Å². The lowest BCUT2D eigenvalue weighted by molar-refractivity contribution is 0.124. The Morgan fingerprint density at radius 3 is 1.96 bits per heavy atom. The molecule has 2 aliphatic rings. The van der Waals surface area contributed by atoms with Crippen molar-refractivity contribution < 1.29 is 9.47 Å². The summed E-state index contributed by atoms with van der Waals surface area (Å²) in [7, 11) is 0. The third-order valence-electron chi connectivity index (χ3n) is 4.77. The van der Waals surface area contributed by atoms with Crippen molar-refractivity contribution in [3.05, 3.63) is 97.1 Å². The Balaban J connectivity index is 1.68. The Kier molecular flexibility index (Phi) is 4.90. The van der Waals surface area contributed by atoms with Gasteiger partial charge in [-0.05, 0) is 35.9 Å². The summed E-state index contributed by atoms with van der Waals surface area (Å²) in [6, 6.07) is 15.8. The molecule has 0 aromatic heterocycles. The maximum absolute atomic E-state index is 6.42. The molecule has 0 fully saturated rings. The minimum Gasteiger partial charge on any atom is -0.469 e. The first-order valence-electron chi connectivity index (χ1n) is 9.39. The first-order chi connectivity index (χ1) is 13.6. The molecular formula is C24H24N2O2. The molecule has 0 aliphatic heterocycles. The van der Waals surface area contributed by atoms with Crippen molar-refractivity contribution in [2.75, 3.05) is 0 Å². The normalized spacial score (nSPS) is 25.6. The van der Waals surface area contributed by atoms with Gasteiger partial charge in [-0.25, -0.2) is 0 Å². The van der Waals surface area contributed by atoms with E-state index in [-0.39, 0.29) is 0 Å². The van der Waals surface area contributed by atoms with E-state index in [1.165, 1.54) is 0 Å². The Morgan fingerprint density at radius 2 is 1.36 bits per heavy atom. The molecule has 0 radical (unpaired) electrons. The van der Waals surface area contributed by atoms with Crippen LogP contribution in [0.3, 0.4) is 0 Å². The summed E-state index contributed by atoms with van der Waals surface area (Å²) in [4.78, 5) is 0. The fourth-order valence-electron chi connectivity index (χ4n) is 3.31. The highest BCUT2D eigenvalue weighted by Gasteiger charge is 2.27. The number of allylic oxidation sites excluding steroid dienone is 4. The molecule has 2 aromatic carbocycles. The van der Waals surface area contributed by atoms with Crippen LogP contribution in [0.25, 0.3) is 11.1 Å². The first kappa shape index (κ1) is 18.3. The van der Waals surface area contributed by atoms with Crippen LogP contribution in [-0.4, -0.2) is 11.4 Å². The van der Waals surface area contributed by atoms with E-state index in [1.54, 1.807) is 0 Å². The van der Waals surface area contributed by atoms with Crippen LogP contribution in [0.15, 0.2) is 97.1 Å². The second kappa shape index (κ2) is 7.50. The molecule has 0 saturated carbocycles. The Hall–Kier alpha value is -3.08. The quantitative estimate of drug-likeness (QED) is 0.761. The molecule has 2 atom stereocenters. The standard InChI is InChI=1S/C24H24N2O2/c25-23(14-6-2-7-15-23)27-20-12-13-22(28-24(26)16-8-3-9-17-24)21(18-20)19-10-4-1-5-11-19/h1-14,16,18H,15,17,25-26H2. The fraction of sp³-hybridized carbons (Fsp3) is 0.167. The van der Waals surface area contributed by atoms with Gasteiger partial charge in [-0.2, -0.15) is 0 Å². The van der Waals surface area contributed by atoms with E-state index in [9.17, 15) is 0 Å². The largest absolute Gasteiger partial charge is 0.469 e. The van der Waals surface area contributed by atoms with Crippen molar-refractivity contribution in [3.8, 4) is 22.6 Å². The van der Waals surface area contributed by atoms with Crippen molar-refractivity contribution in [2.24, 2.45) is 11.5 Å². The molecule has 0 bridgehead atoms. The predicted octanol–water partition coefficient (Wildman–Crippen LogP) is 4.45. The molecule has 0 heterocycles. The lowest BCUT2D eigenvalue weighted by Gasteiger charge is -2.30. The third-order valence-corrected chi connectivity index (χ3v) is 4.77.